The fourth-order valence-corrected chi connectivity index (χ4v) is 3.21. The zero-order chi connectivity index (χ0) is 14.5. The molecule has 0 spiro atoms. The standard InChI is InChI=1S/C15H26N2O3/c1-3-20-15(19)13-7-5-8-16(13)11-14(18)17-9-4-6-12(2)10-17/h12-13H,3-11H2,1-2H3. The van der Waals surface area contributed by atoms with Gasteiger partial charge < -0.3 is 9.64 Å². The Kier molecular flexibility index (Phi) is 5.40. The fraction of sp³-hybridized carbons (Fsp3) is 0.867. The third-order valence-electron chi connectivity index (χ3n) is 4.27. The molecule has 0 aromatic heterocycles. The molecule has 2 rings (SSSR count). The predicted octanol–water partition coefficient (Wildman–Crippen LogP) is 1.27. The Hall–Kier alpha value is -1.10. The zero-order valence-electron chi connectivity index (χ0n) is 12.6. The molecule has 2 unspecified atom stereocenters. The number of carbonyl (C=O) groups excluding carboxylic acids is 2. The lowest BCUT2D eigenvalue weighted by atomic mass is 10.0. The first-order valence-corrected chi connectivity index (χ1v) is 7.80. The van der Waals surface area contributed by atoms with Gasteiger partial charge in [0.1, 0.15) is 6.04 Å². The fourth-order valence-electron chi connectivity index (χ4n) is 3.21. The molecule has 20 heavy (non-hydrogen) atoms. The quantitative estimate of drug-likeness (QED) is 0.729. The number of rotatable bonds is 4. The SMILES string of the molecule is CCOC(=O)C1CCCN1CC(=O)N1CCCC(C)C1. The maximum Gasteiger partial charge on any atom is 0.323 e. The first kappa shape index (κ1) is 15.3. The molecule has 2 aliphatic rings. The number of amides is 1. The highest BCUT2D eigenvalue weighted by atomic mass is 16.5. The number of hydrogen-bond donors (Lipinski definition) is 0. The van der Waals surface area contributed by atoms with Crippen molar-refractivity contribution in [3.8, 4) is 0 Å². The van der Waals surface area contributed by atoms with Crippen LogP contribution in [0.3, 0.4) is 0 Å². The maximum atomic E-state index is 12.4. The second-order valence-corrected chi connectivity index (χ2v) is 5.97. The van der Waals surface area contributed by atoms with E-state index in [2.05, 4.69) is 6.92 Å². The molecule has 5 heteroatoms. The van der Waals surface area contributed by atoms with Crippen LogP contribution in [0, 0.1) is 5.92 Å². The first-order chi connectivity index (χ1) is 9.61. The number of likely N-dealkylation sites (tertiary alicyclic amines) is 2. The molecule has 0 bridgehead atoms. The highest BCUT2D eigenvalue weighted by Crippen LogP contribution is 2.20. The van der Waals surface area contributed by atoms with E-state index in [1.807, 2.05) is 16.7 Å². The van der Waals surface area contributed by atoms with Gasteiger partial charge >= 0.3 is 5.97 Å². The zero-order valence-corrected chi connectivity index (χ0v) is 12.6. The number of piperidine rings is 1. The molecular formula is C15H26N2O3. The van der Waals surface area contributed by atoms with Crippen LogP contribution in [0.25, 0.3) is 0 Å². The number of esters is 1. The van der Waals surface area contributed by atoms with Crippen LogP contribution in [-0.2, 0) is 14.3 Å². The first-order valence-electron chi connectivity index (χ1n) is 7.80. The maximum absolute atomic E-state index is 12.4. The van der Waals surface area contributed by atoms with Crippen molar-refractivity contribution in [2.45, 2.75) is 45.6 Å². The average molecular weight is 282 g/mol. The Balaban J connectivity index is 1.87. The van der Waals surface area contributed by atoms with Crippen LogP contribution < -0.4 is 0 Å². The summed E-state index contributed by atoms with van der Waals surface area (Å²) in [6.45, 7) is 7.31. The number of carbonyl (C=O) groups is 2. The van der Waals surface area contributed by atoms with E-state index in [0.29, 0.717) is 19.1 Å². The van der Waals surface area contributed by atoms with E-state index in [4.69, 9.17) is 4.74 Å². The molecule has 0 aromatic rings. The number of ether oxygens (including phenoxy) is 1. The van der Waals surface area contributed by atoms with Crippen LogP contribution in [0.5, 0.6) is 0 Å². The monoisotopic (exact) mass is 282 g/mol. The van der Waals surface area contributed by atoms with Gasteiger partial charge in [0, 0.05) is 13.1 Å². The van der Waals surface area contributed by atoms with Crippen molar-refractivity contribution in [3.63, 3.8) is 0 Å². The normalized spacial score (nSPS) is 27.6. The molecule has 0 saturated carbocycles. The van der Waals surface area contributed by atoms with Crippen molar-refractivity contribution in [2.75, 3.05) is 32.8 Å². The Labute approximate surface area is 121 Å². The van der Waals surface area contributed by atoms with Crippen LogP contribution in [0.4, 0.5) is 0 Å². The molecule has 2 atom stereocenters. The summed E-state index contributed by atoms with van der Waals surface area (Å²) in [4.78, 5) is 28.2. The molecule has 114 valence electrons. The molecule has 0 radical (unpaired) electrons. The highest BCUT2D eigenvalue weighted by Gasteiger charge is 2.34. The summed E-state index contributed by atoms with van der Waals surface area (Å²) in [6, 6.07) is -0.221. The van der Waals surface area contributed by atoms with E-state index in [9.17, 15) is 9.59 Å². The van der Waals surface area contributed by atoms with E-state index in [1.165, 1.54) is 6.42 Å². The summed E-state index contributed by atoms with van der Waals surface area (Å²) in [5, 5.41) is 0. The lowest BCUT2D eigenvalue weighted by molar-refractivity contribution is -0.149. The summed E-state index contributed by atoms with van der Waals surface area (Å²) in [6.07, 6.45) is 4.07. The van der Waals surface area contributed by atoms with Crippen LogP contribution in [0.2, 0.25) is 0 Å². The molecule has 2 fully saturated rings. The van der Waals surface area contributed by atoms with E-state index >= 15 is 0 Å². The predicted molar refractivity (Wildman–Crippen MR) is 76.2 cm³/mol. The minimum absolute atomic E-state index is 0.160. The Morgan fingerprint density at radius 2 is 1.95 bits per heavy atom. The van der Waals surface area contributed by atoms with E-state index in [1.54, 1.807) is 0 Å². The second kappa shape index (κ2) is 7.07. The Morgan fingerprint density at radius 3 is 2.65 bits per heavy atom. The molecule has 1 amide bonds. The number of hydrogen-bond acceptors (Lipinski definition) is 4. The van der Waals surface area contributed by atoms with Crippen molar-refractivity contribution >= 4 is 11.9 Å². The molecule has 0 N–H and O–H groups in total. The van der Waals surface area contributed by atoms with Crippen LogP contribution >= 0.6 is 0 Å². The molecule has 0 aliphatic carbocycles. The van der Waals surface area contributed by atoms with Gasteiger partial charge in [-0.1, -0.05) is 6.92 Å². The number of nitrogens with zero attached hydrogens (tertiary/aromatic N) is 2. The van der Waals surface area contributed by atoms with Crippen molar-refractivity contribution in [1.29, 1.82) is 0 Å². The van der Waals surface area contributed by atoms with E-state index in [0.717, 1.165) is 38.9 Å². The van der Waals surface area contributed by atoms with Gasteiger partial charge in [0.05, 0.1) is 13.2 Å². The van der Waals surface area contributed by atoms with Gasteiger partial charge in [0.15, 0.2) is 0 Å². The second-order valence-electron chi connectivity index (χ2n) is 5.97. The van der Waals surface area contributed by atoms with Crippen LogP contribution in [0.15, 0.2) is 0 Å². The Morgan fingerprint density at radius 1 is 1.20 bits per heavy atom. The van der Waals surface area contributed by atoms with E-state index < -0.39 is 0 Å². The van der Waals surface area contributed by atoms with Crippen molar-refractivity contribution in [3.05, 3.63) is 0 Å². The lowest BCUT2D eigenvalue weighted by Crippen LogP contribution is -2.47. The summed E-state index contributed by atoms with van der Waals surface area (Å²) in [5.41, 5.74) is 0. The topological polar surface area (TPSA) is 49.9 Å². The smallest absolute Gasteiger partial charge is 0.323 e. The van der Waals surface area contributed by atoms with Gasteiger partial charge in [-0.25, -0.2) is 0 Å². The lowest BCUT2D eigenvalue weighted by Gasteiger charge is -2.33. The van der Waals surface area contributed by atoms with Crippen molar-refractivity contribution < 1.29 is 14.3 Å². The summed E-state index contributed by atoms with van der Waals surface area (Å²) in [5.74, 6) is 0.574. The third-order valence-corrected chi connectivity index (χ3v) is 4.27. The average Bonchev–Trinajstić information content (AvgIpc) is 2.87. The summed E-state index contributed by atoms with van der Waals surface area (Å²) >= 11 is 0. The van der Waals surface area contributed by atoms with Crippen LogP contribution in [-0.4, -0.2) is 60.5 Å². The minimum atomic E-state index is -0.221. The summed E-state index contributed by atoms with van der Waals surface area (Å²) in [7, 11) is 0. The molecular weight excluding hydrogens is 256 g/mol. The molecule has 2 heterocycles. The van der Waals surface area contributed by atoms with Crippen molar-refractivity contribution in [2.24, 2.45) is 5.92 Å². The molecule has 2 saturated heterocycles. The van der Waals surface area contributed by atoms with E-state index in [-0.39, 0.29) is 17.9 Å². The van der Waals surface area contributed by atoms with Gasteiger partial charge in [-0.15, -0.1) is 0 Å². The molecule has 2 aliphatic heterocycles. The van der Waals surface area contributed by atoms with Gasteiger partial charge in [-0.05, 0) is 45.1 Å². The largest absolute Gasteiger partial charge is 0.465 e. The molecule has 0 aromatic carbocycles. The highest BCUT2D eigenvalue weighted by molar-refractivity contribution is 5.81. The van der Waals surface area contributed by atoms with Crippen molar-refractivity contribution in [1.82, 2.24) is 9.80 Å². The Bertz CT molecular complexity index is 359. The minimum Gasteiger partial charge on any atom is -0.465 e. The van der Waals surface area contributed by atoms with Crippen LogP contribution in [0.1, 0.15) is 39.5 Å². The molecule has 5 nitrogen and oxygen atoms in total. The van der Waals surface area contributed by atoms with Gasteiger partial charge in [0.25, 0.3) is 0 Å². The van der Waals surface area contributed by atoms with Gasteiger partial charge in [0.2, 0.25) is 5.91 Å². The van der Waals surface area contributed by atoms with Gasteiger partial charge in [-0.3, -0.25) is 14.5 Å². The summed E-state index contributed by atoms with van der Waals surface area (Å²) < 4.78 is 5.09. The third kappa shape index (κ3) is 3.72. The van der Waals surface area contributed by atoms with Gasteiger partial charge in [-0.2, -0.15) is 0 Å².